The maximum atomic E-state index is 11.7. The van der Waals surface area contributed by atoms with Crippen molar-refractivity contribution >= 4 is 11.8 Å². The van der Waals surface area contributed by atoms with Gasteiger partial charge in [0.25, 0.3) is 0 Å². The molecule has 1 aromatic heterocycles. The molecule has 0 radical (unpaired) electrons. The lowest BCUT2D eigenvalue weighted by Gasteiger charge is -2.31. The lowest BCUT2D eigenvalue weighted by atomic mass is 10.2. The summed E-state index contributed by atoms with van der Waals surface area (Å²) < 4.78 is 0. The first kappa shape index (κ1) is 10.6. The summed E-state index contributed by atoms with van der Waals surface area (Å²) in [5.74, 6) is -0.856. The first-order valence-electron chi connectivity index (χ1n) is 5.12. The molecule has 5 heteroatoms. The normalized spacial score (nSPS) is 16.8. The van der Waals surface area contributed by atoms with Crippen LogP contribution in [-0.2, 0) is 16.1 Å². The average molecular weight is 219 g/mol. The molecule has 0 atom stereocenters. The predicted molar refractivity (Wildman–Crippen MR) is 57.3 cm³/mol. The van der Waals surface area contributed by atoms with Crippen LogP contribution in [0.3, 0.4) is 0 Å². The molecule has 0 spiro atoms. The number of nitrogens with zero attached hydrogens (tertiary/aromatic N) is 3. The fourth-order valence-electron chi connectivity index (χ4n) is 1.63. The van der Waals surface area contributed by atoms with E-state index >= 15 is 0 Å². The van der Waals surface area contributed by atoms with Gasteiger partial charge in [0.1, 0.15) is 0 Å². The molecule has 1 aliphatic rings. The molecular formula is C11H13N3O2. The van der Waals surface area contributed by atoms with E-state index in [2.05, 4.69) is 4.98 Å². The van der Waals surface area contributed by atoms with Gasteiger partial charge in [0.2, 0.25) is 0 Å². The molecule has 0 unspecified atom stereocenters. The Bertz CT molecular complexity index is 405. The Balaban J connectivity index is 2.06. The van der Waals surface area contributed by atoms with E-state index in [0.29, 0.717) is 19.6 Å². The standard InChI is InChI=1S/C11H13N3O2/c1-13-6-7-14(11(16)10(13)15)8-9-2-4-12-5-3-9/h2-5H,6-8H2,1H3. The van der Waals surface area contributed by atoms with Crippen LogP contribution in [0.25, 0.3) is 0 Å². The third-order valence-corrected chi connectivity index (χ3v) is 2.64. The third-order valence-electron chi connectivity index (χ3n) is 2.64. The average Bonchev–Trinajstić information content (AvgIpc) is 2.31. The van der Waals surface area contributed by atoms with Gasteiger partial charge in [-0.2, -0.15) is 0 Å². The lowest BCUT2D eigenvalue weighted by Crippen LogP contribution is -2.52. The van der Waals surface area contributed by atoms with E-state index in [1.807, 2.05) is 12.1 Å². The van der Waals surface area contributed by atoms with Crippen LogP contribution < -0.4 is 0 Å². The van der Waals surface area contributed by atoms with Gasteiger partial charge in [-0.15, -0.1) is 0 Å². The van der Waals surface area contributed by atoms with Crippen molar-refractivity contribution in [2.24, 2.45) is 0 Å². The zero-order chi connectivity index (χ0) is 11.5. The topological polar surface area (TPSA) is 53.5 Å². The molecular weight excluding hydrogens is 206 g/mol. The SMILES string of the molecule is CN1CCN(Cc2ccncc2)C(=O)C1=O. The number of amides is 2. The van der Waals surface area contributed by atoms with Gasteiger partial charge in [0, 0.05) is 39.1 Å². The van der Waals surface area contributed by atoms with Crippen molar-refractivity contribution in [3.8, 4) is 0 Å². The van der Waals surface area contributed by atoms with Gasteiger partial charge in [0.15, 0.2) is 0 Å². The molecule has 2 heterocycles. The van der Waals surface area contributed by atoms with Crippen molar-refractivity contribution in [1.82, 2.24) is 14.8 Å². The molecule has 16 heavy (non-hydrogen) atoms. The summed E-state index contributed by atoms with van der Waals surface area (Å²) >= 11 is 0. The number of pyridine rings is 1. The van der Waals surface area contributed by atoms with E-state index in [1.165, 1.54) is 4.90 Å². The summed E-state index contributed by atoms with van der Waals surface area (Å²) in [6.07, 6.45) is 3.36. The van der Waals surface area contributed by atoms with Gasteiger partial charge in [-0.3, -0.25) is 14.6 Å². The van der Waals surface area contributed by atoms with Crippen LogP contribution in [0.5, 0.6) is 0 Å². The molecule has 1 aliphatic heterocycles. The first-order chi connectivity index (χ1) is 7.68. The molecule has 2 amide bonds. The second kappa shape index (κ2) is 4.30. The van der Waals surface area contributed by atoms with E-state index in [4.69, 9.17) is 0 Å². The Morgan fingerprint density at radius 1 is 1.19 bits per heavy atom. The van der Waals surface area contributed by atoms with Gasteiger partial charge in [-0.1, -0.05) is 0 Å². The Kier molecular flexibility index (Phi) is 2.85. The molecule has 0 aromatic carbocycles. The summed E-state index contributed by atoms with van der Waals surface area (Å²) in [4.78, 5) is 30.0. The fraction of sp³-hybridized carbons (Fsp3) is 0.364. The number of hydrogen-bond donors (Lipinski definition) is 0. The zero-order valence-electron chi connectivity index (χ0n) is 9.09. The highest BCUT2D eigenvalue weighted by Gasteiger charge is 2.29. The van der Waals surface area contributed by atoms with E-state index < -0.39 is 11.8 Å². The van der Waals surface area contributed by atoms with Crippen LogP contribution in [0, 0.1) is 0 Å². The number of aromatic nitrogens is 1. The minimum absolute atomic E-state index is 0.425. The van der Waals surface area contributed by atoms with Crippen LogP contribution in [0.15, 0.2) is 24.5 Å². The van der Waals surface area contributed by atoms with Gasteiger partial charge in [-0.25, -0.2) is 0 Å². The molecule has 0 aliphatic carbocycles. The van der Waals surface area contributed by atoms with Gasteiger partial charge in [0.05, 0.1) is 0 Å². The quantitative estimate of drug-likeness (QED) is 0.652. The number of rotatable bonds is 2. The van der Waals surface area contributed by atoms with E-state index in [-0.39, 0.29) is 0 Å². The summed E-state index contributed by atoms with van der Waals surface area (Å²) in [5.41, 5.74) is 0.987. The van der Waals surface area contributed by atoms with Gasteiger partial charge < -0.3 is 9.80 Å². The summed E-state index contributed by atoms with van der Waals surface area (Å²) in [5, 5.41) is 0. The molecule has 2 rings (SSSR count). The van der Waals surface area contributed by atoms with Crippen LogP contribution in [-0.4, -0.2) is 46.7 Å². The van der Waals surface area contributed by atoms with Crippen LogP contribution in [0.2, 0.25) is 0 Å². The van der Waals surface area contributed by atoms with Gasteiger partial charge >= 0.3 is 11.8 Å². The van der Waals surface area contributed by atoms with Crippen LogP contribution in [0.1, 0.15) is 5.56 Å². The van der Waals surface area contributed by atoms with E-state index in [0.717, 1.165) is 5.56 Å². The smallest absolute Gasteiger partial charge is 0.312 e. The van der Waals surface area contributed by atoms with E-state index in [1.54, 1.807) is 24.3 Å². The summed E-state index contributed by atoms with van der Waals surface area (Å²) in [6.45, 7) is 1.65. The van der Waals surface area contributed by atoms with Crippen molar-refractivity contribution in [1.29, 1.82) is 0 Å². The molecule has 1 aromatic rings. The van der Waals surface area contributed by atoms with Crippen LogP contribution >= 0.6 is 0 Å². The Hall–Kier alpha value is -1.91. The van der Waals surface area contributed by atoms with Crippen molar-refractivity contribution in [3.05, 3.63) is 30.1 Å². The fourth-order valence-corrected chi connectivity index (χ4v) is 1.63. The molecule has 0 saturated carbocycles. The van der Waals surface area contributed by atoms with Gasteiger partial charge in [-0.05, 0) is 17.7 Å². The number of carbonyl (C=O) groups is 2. The Morgan fingerprint density at radius 3 is 2.56 bits per heavy atom. The first-order valence-corrected chi connectivity index (χ1v) is 5.12. The minimum Gasteiger partial charge on any atom is -0.336 e. The summed E-state index contributed by atoms with van der Waals surface area (Å²) in [6, 6.07) is 3.69. The summed E-state index contributed by atoms with van der Waals surface area (Å²) in [7, 11) is 1.64. The lowest BCUT2D eigenvalue weighted by molar-refractivity contribution is -0.155. The monoisotopic (exact) mass is 219 g/mol. The highest BCUT2D eigenvalue weighted by Crippen LogP contribution is 2.08. The number of likely N-dealkylation sites (N-methyl/N-ethyl adjacent to an activating group) is 1. The minimum atomic E-state index is -0.430. The molecule has 1 fully saturated rings. The number of carbonyl (C=O) groups excluding carboxylic acids is 2. The molecule has 1 saturated heterocycles. The highest BCUT2D eigenvalue weighted by atomic mass is 16.2. The Morgan fingerprint density at radius 2 is 1.88 bits per heavy atom. The van der Waals surface area contributed by atoms with Crippen LogP contribution in [0.4, 0.5) is 0 Å². The molecule has 0 bridgehead atoms. The van der Waals surface area contributed by atoms with Crippen molar-refractivity contribution in [2.45, 2.75) is 6.54 Å². The zero-order valence-corrected chi connectivity index (χ0v) is 9.09. The van der Waals surface area contributed by atoms with Crippen molar-refractivity contribution in [3.63, 3.8) is 0 Å². The second-order valence-electron chi connectivity index (χ2n) is 3.81. The maximum Gasteiger partial charge on any atom is 0.312 e. The molecule has 0 N–H and O–H groups in total. The highest BCUT2D eigenvalue weighted by molar-refractivity contribution is 6.35. The van der Waals surface area contributed by atoms with Crippen molar-refractivity contribution < 1.29 is 9.59 Å². The third kappa shape index (κ3) is 2.03. The second-order valence-corrected chi connectivity index (χ2v) is 3.81. The maximum absolute atomic E-state index is 11.7. The predicted octanol–water partition coefficient (Wildman–Crippen LogP) is -0.118. The number of hydrogen-bond acceptors (Lipinski definition) is 3. The largest absolute Gasteiger partial charge is 0.336 e. The molecule has 84 valence electrons. The Labute approximate surface area is 93.7 Å². The number of piperazine rings is 1. The van der Waals surface area contributed by atoms with E-state index in [9.17, 15) is 9.59 Å². The molecule has 5 nitrogen and oxygen atoms in total. The van der Waals surface area contributed by atoms with Crippen molar-refractivity contribution in [2.75, 3.05) is 20.1 Å².